The van der Waals surface area contributed by atoms with E-state index in [-0.39, 0.29) is 35.6 Å². The molecule has 1 saturated heterocycles. The number of rotatable bonds is 13. The molecule has 4 aliphatic rings. The fourth-order valence-corrected chi connectivity index (χ4v) is 8.06. The molecule has 6 amide bonds. The predicted molar refractivity (Wildman–Crippen MR) is 185 cm³/mol. The number of methoxy groups -OCH3 is 1. The number of carbonyl (C=O) groups is 6. The highest BCUT2D eigenvalue weighted by molar-refractivity contribution is 6.37. The number of nitrogens with zero attached hydrogens (tertiary/aromatic N) is 1. The number of ether oxygens (including phenoxy) is 1. The van der Waals surface area contributed by atoms with Gasteiger partial charge < -0.3 is 36.6 Å². The number of amides is 6. The van der Waals surface area contributed by atoms with Crippen LogP contribution in [0.3, 0.4) is 0 Å². The number of Topliss-reactive ketones (excluding diaryl/α,β-unsaturated/α-hetero) is 1. The molecule has 1 aromatic carbocycles. The third kappa shape index (κ3) is 7.91. The van der Waals surface area contributed by atoms with E-state index in [0.717, 1.165) is 37.7 Å². The van der Waals surface area contributed by atoms with E-state index in [4.69, 9.17) is 10.5 Å². The standard InChI is InChI=1S/C37H54N6O7/c1-35(2,3)29(41-34(49)42-37(15-8-7-9-16-37)33(48)39-19-22-11-10-12-23(17-22)50-6)32(47)43-20-24-26(36(24,4)5)27(43)31(46)40-25(18-21-13-14-21)28(44)30(38)45/h10-12,17,21,24-27,29H,7-9,13-16,18-20H2,1-6H3,(H2,38,45)(H,39,48)(H,40,46)(H2,41,42,49)/t24-,25?,26-,27-,29+/m0/s1. The van der Waals surface area contributed by atoms with Crippen LogP contribution < -0.4 is 31.7 Å². The van der Waals surface area contributed by atoms with Gasteiger partial charge in [0.25, 0.3) is 5.91 Å². The molecule has 5 rings (SSSR count). The SMILES string of the molecule is COc1cccc(CNC(=O)C2(NC(=O)N[C@H](C(=O)N3C[C@H]4[C@@H]([C@H]3C(=O)NC(CC3CC3)C(=O)C(N)=O)C4(C)C)C(C)(C)C)CCCCC2)c1. The first-order valence-corrected chi connectivity index (χ1v) is 17.9. The number of hydrogen-bond donors (Lipinski definition) is 5. The molecule has 274 valence electrons. The zero-order valence-corrected chi connectivity index (χ0v) is 30.2. The molecule has 13 heteroatoms. The fraction of sp³-hybridized carbons (Fsp3) is 0.676. The van der Waals surface area contributed by atoms with Gasteiger partial charge in [-0.1, -0.05) is 78.9 Å². The molecule has 1 heterocycles. The van der Waals surface area contributed by atoms with Crippen molar-refractivity contribution in [1.82, 2.24) is 26.2 Å². The van der Waals surface area contributed by atoms with Crippen LogP contribution >= 0.6 is 0 Å². The average molecular weight is 695 g/mol. The van der Waals surface area contributed by atoms with E-state index in [9.17, 15) is 28.8 Å². The van der Waals surface area contributed by atoms with E-state index in [1.807, 2.05) is 45.0 Å². The number of nitrogens with two attached hydrogens (primary N) is 1. The number of primary amides is 1. The van der Waals surface area contributed by atoms with Crippen LogP contribution in [0.2, 0.25) is 0 Å². The topological polar surface area (TPSA) is 189 Å². The van der Waals surface area contributed by atoms with E-state index in [0.29, 0.717) is 31.6 Å². The normalized spacial score (nSPS) is 24.5. The lowest BCUT2D eigenvalue weighted by atomic mass is 9.80. The van der Waals surface area contributed by atoms with E-state index in [2.05, 4.69) is 35.1 Å². The number of carbonyl (C=O) groups excluding carboxylic acids is 6. The Kier molecular flexibility index (Phi) is 10.6. The second-order valence-corrected chi connectivity index (χ2v) is 16.4. The molecule has 1 aromatic rings. The van der Waals surface area contributed by atoms with Crippen molar-refractivity contribution < 1.29 is 33.5 Å². The molecule has 0 radical (unpaired) electrons. The molecule has 1 unspecified atom stereocenters. The largest absolute Gasteiger partial charge is 0.497 e. The van der Waals surface area contributed by atoms with Gasteiger partial charge in [0.15, 0.2) is 0 Å². The smallest absolute Gasteiger partial charge is 0.316 e. The Labute approximate surface area is 294 Å². The molecule has 1 aliphatic heterocycles. The Hall–Kier alpha value is -4.16. The van der Waals surface area contributed by atoms with E-state index in [1.165, 1.54) is 4.90 Å². The Bertz CT molecular complexity index is 1510. The number of nitrogens with one attached hydrogen (secondary N) is 4. The number of piperidine rings is 1. The molecule has 3 aliphatic carbocycles. The number of likely N-dealkylation sites (tertiary alicyclic amines) is 1. The Morgan fingerprint density at radius 2 is 1.70 bits per heavy atom. The second-order valence-electron chi connectivity index (χ2n) is 16.4. The van der Waals surface area contributed by atoms with Gasteiger partial charge in [-0.2, -0.15) is 0 Å². The van der Waals surface area contributed by atoms with Crippen LogP contribution in [0.25, 0.3) is 0 Å². The summed E-state index contributed by atoms with van der Waals surface area (Å²) in [6, 6.07) is 3.79. The van der Waals surface area contributed by atoms with Crippen molar-refractivity contribution in [1.29, 1.82) is 0 Å². The zero-order valence-electron chi connectivity index (χ0n) is 30.2. The maximum atomic E-state index is 14.4. The van der Waals surface area contributed by atoms with Crippen LogP contribution in [0.1, 0.15) is 91.5 Å². The predicted octanol–water partition coefficient (Wildman–Crippen LogP) is 2.55. The van der Waals surface area contributed by atoms with Crippen molar-refractivity contribution in [2.75, 3.05) is 13.7 Å². The molecule has 5 atom stereocenters. The zero-order chi connectivity index (χ0) is 36.6. The van der Waals surface area contributed by atoms with Crippen molar-refractivity contribution in [2.45, 2.75) is 116 Å². The third-order valence-electron chi connectivity index (χ3n) is 11.4. The lowest BCUT2D eigenvalue weighted by molar-refractivity contribution is -0.145. The van der Waals surface area contributed by atoms with Gasteiger partial charge in [-0.25, -0.2) is 4.79 Å². The van der Waals surface area contributed by atoms with Crippen molar-refractivity contribution >= 4 is 35.4 Å². The molecular formula is C37H54N6O7. The van der Waals surface area contributed by atoms with E-state index < -0.39 is 58.6 Å². The summed E-state index contributed by atoms with van der Waals surface area (Å²) in [4.78, 5) is 81.9. The van der Waals surface area contributed by atoms with Crippen molar-refractivity contribution in [3.8, 4) is 5.75 Å². The highest BCUT2D eigenvalue weighted by Crippen LogP contribution is 2.65. The third-order valence-corrected chi connectivity index (χ3v) is 11.4. The van der Waals surface area contributed by atoms with Crippen LogP contribution in [0.15, 0.2) is 24.3 Å². The summed E-state index contributed by atoms with van der Waals surface area (Å²) < 4.78 is 5.30. The summed E-state index contributed by atoms with van der Waals surface area (Å²) in [5, 5.41) is 11.6. The first kappa shape index (κ1) is 37.1. The molecule has 0 bridgehead atoms. The van der Waals surface area contributed by atoms with Crippen molar-refractivity contribution in [2.24, 2.45) is 34.3 Å². The number of fused-ring (bicyclic) bond motifs is 1. The number of hydrogen-bond acceptors (Lipinski definition) is 7. The first-order chi connectivity index (χ1) is 23.5. The van der Waals surface area contributed by atoms with Crippen LogP contribution in [0, 0.1) is 28.6 Å². The van der Waals surface area contributed by atoms with Gasteiger partial charge in [-0.05, 0) is 65.5 Å². The van der Waals surface area contributed by atoms with Crippen molar-refractivity contribution in [3.05, 3.63) is 29.8 Å². The van der Waals surface area contributed by atoms with E-state index in [1.54, 1.807) is 7.11 Å². The number of ketones is 1. The maximum Gasteiger partial charge on any atom is 0.316 e. The average Bonchev–Trinajstić information content (AvgIpc) is 3.92. The summed E-state index contributed by atoms with van der Waals surface area (Å²) in [5.74, 6) is -2.34. The molecule has 0 spiro atoms. The van der Waals surface area contributed by atoms with Gasteiger partial charge in [-0.15, -0.1) is 0 Å². The van der Waals surface area contributed by atoms with Gasteiger partial charge in [0, 0.05) is 13.1 Å². The Balaban J connectivity index is 1.31. The summed E-state index contributed by atoms with van der Waals surface area (Å²) in [5.41, 5.74) is 4.06. The molecule has 13 nitrogen and oxygen atoms in total. The molecule has 4 fully saturated rings. The highest BCUT2D eigenvalue weighted by Gasteiger charge is 2.70. The van der Waals surface area contributed by atoms with Gasteiger partial charge in [0.1, 0.15) is 23.4 Å². The van der Waals surface area contributed by atoms with E-state index >= 15 is 0 Å². The number of benzene rings is 1. The summed E-state index contributed by atoms with van der Waals surface area (Å²) >= 11 is 0. The minimum absolute atomic E-state index is 0.0594. The molecule has 3 saturated carbocycles. The van der Waals surface area contributed by atoms with Crippen LogP contribution in [0.5, 0.6) is 5.75 Å². The summed E-state index contributed by atoms with van der Waals surface area (Å²) in [7, 11) is 1.58. The van der Waals surface area contributed by atoms with Gasteiger partial charge in [0.05, 0.1) is 13.2 Å². The molecular weight excluding hydrogens is 640 g/mol. The van der Waals surface area contributed by atoms with Crippen molar-refractivity contribution in [3.63, 3.8) is 0 Å². The van der Waals surface area contributed by atoms with Gasteiger partial charge in [0.2, 0.25) is 23.5 Å². The minimum atomic E-state index is -1.15. The minimum Gasteiger partial charge on any atom is -0.497 e. The Morgan fingerprint density at radius 1 is 1.02 bits per heavy atom. The summed E-state index contributed by atoms with van der Waals surface area (Å²) in [6.07, 6.45) is 5.53. The van der Waals surface area contributed by atoms with Crippen LogP contribution in [0.4, 0.5) is 4.79 Å². The second kappa shape index (κ2) is 14.2. The van der Waals surface area contributed by atoms with Crippen LogP contribution in [-0.2, 0) is 30.5 Å². The monoisotopic (exact) mass is 694 g/mol. The quantitative estimate of drug-likeness (QED) is 0.196. The molecule has 6 N–H and O–H groups in total. The van der Waals surface area contributed by atoms with Gasteiger partial charge in [-0.3, -0.25) is 24.0 Å². The number of urea groups is 1. The molecule has 0 aromatic heterocycles. The lowest BCUT2D eigenvalue weighted by Crippen LogP contribution is -2.65. The lowest BCUT2D eigenvalue weighted by Gasteiger charge is -2.40. The Morgan fingerprint density at radius 3 is 2.30 bits per heavy atom. The maximum absolute atomic E-state index is 14.4. The van der Waals surface area contributed by atoms with Crippen LogP contribution in [-0.4, -0.2) is 77.7 Å². The summed E-state index contributed by atoms with van der Waals surface area (Å²) in [6.45, 7) is 10.2. The fourth-order valence-electron chi connectivity index (χ4n) is 8.06. The van der Waals surface area contributed by atoms with Gasteiger partial charge >= 0.3 is 6.03 Å². The molecule has 50 heavy (non-hydrogen) atoms. The first-order valence-electron chi connectivity index (χ1n) is 17.9. The highest BCUT2D eigenvalue weighted by atomic mass is 16.5.